The molecule has 0 atom stereocenters. The first-order valence-corrected chi connectivity index (χ1v) is 17.4. The average molecular weight is 658 g/mol. The summed E-state index contributed by atoms with van der Waals surface area (Å²) < 4.78 is 8.73. The summed E-state index contributed by atoms with van der Waals surface area (Å²) in [4.78, 5) is 15.5. The maximum atomic E-state index is 6.28. The quantitative estimate of drug-likeness (QED) is 0.185. The van der Waals surface area contributed by atoms with Gasteiger partial charge in [-0.3, -0.25) is 0 Å². The molecule has 0 amide bonds. The highest BCUT2D eigenvalue weighted by Gasteiger charge is 2.20. The largest absolute Gasteiger partial charge is 0.456 e. The summed E-state index contributed by atoms with van der Waals surface area (Å²) in [6, 6.07) is 56.8. The Kier molecular flexibility index (Phi) is 6.64. The van der Waals surface area contributed by atoms with Crippen molar-refractivity contribution in [2.75, 3.05) is 0 Å². The molecule has 0 unspecified atom stereocenters. The van der Waals surface area contributed by atoms with Crippen LogP contribution in [-0.4, -0.2) is 15.0 Å². The fraction of sp³-hybridized carbons (Fsp3) is 0. The lowest BCUT2D eigenvalue weighted by Gasteiger charge is -2.12. The molecule has 0 spiro atoms. The predicted octanol–water partition coefficient (Wildman–Crippen LogP) is 12.5. The van der Waals surface area contributed by atoms with Gasteiger partial charge in [0.15, 0.2) is 17.5 Å². The fourth-order valence-electron chi connectivity index (χ4n) is 6.92. The molecule has 0 radical (unpaired) electrons. The van der Waals surface area contributed by atoms with Gasteiger partial charge in [0.1, 0.15) is 11.2 Å². The summed E-state index contributed by atoms with van der Waals surface area (Å²) in [6.07, 6.45) is 0. The van der Waals surface area contributed by atoms with E-state index >= 15 is 0 Å². The molecule has 7 aromatic carbocycles. The summed E-state index contributed by atoms with van der Waals surface area (Å²) in [5.74, 6) is 1.85. The van der Waals surface area contributed by atoms with E-state index in [4.69, 9.17) is 19.4 Å². The zero-order valence-corrected chi connectivity index (χ0v) is 27.6. The van der Waals surface area contributed by atoms with Gasteiger partial charge in [-0.05, 0) is 52.6 Å². The SMILES string of the molecule is c1ccc(-c2ccc(-c3nc(-c4ccc5c(c4)oc4ccccc45)nc(-c4ccc(-c5ccccc5)c5sc6ccccc6c45)n3)cc2)cc1. The summed E-state index contributed by atoms with van der Waals surface area (Å²) in [5.41, 5.74) is 9.13. The van der Waals surface area contributed by atoms with Gasteiger partial charge >= 0.3 is 0 Å². The monoisotopic (exact) mass is 657 g/mol. The molecule has 4 nitrogen and oxygen atoms in total. The molecule has 50 heavy (non-hydrogen) atoms. The number of thiophene rings is 1. The van der Waals surface area contributed by atoms with Gasteiger partial charge in [0, 0.05) is 47.6 Å². The highest BCUT2D eigenvalue weighted by Crippen LogP contribution is 2.44. The van der Waals surface area contributed by atoms with E-state index in [9.17, 15) is 0 Å². The Bertz CT molecular complexity index is 2860. The van der Waals surface area contributed by atoms with Crippen LogP contribution in [0.2, 0.25) is 0 Å². The number of hydrogen-bond donors (Lipinski definition) is 0. The maximum absolute atomic E-state index is 6.28. The lowest BCUT2D eigenvalue weighted by Crippen LogP contribution is -2.00. The van der Waals surface area contributed by atoms with Crippen molar-refractivity contribution in [2.45, 2.75) is 0 Å². The number of para-hydroxylation sites is 1. The Morgan fingerprint density at radius 1 is 0.380 bits per heavy atom. The third-order valence-corrected chi connectivity index (χ3v) is 10.6. The normalized spacial score (nSPS) is 11.6. The second-order valence-corrected chi connectivity index (χ2v) is 13.4. The molecular formula is C45H27N3OS. The highest BCUT2D eigenvalue weighted by molar-refractivity contribution is 7.26. The second kappa shape index (κ2) is 11.6. The first kappa shape index (κ1) is 28.6. The maximum Gasteiger partial charge on any atom is 0.164 e. The Labute approximate surface area is 292 Å². The van der Waals surface area contributed by atoms with Crippen LogP contribution in [0.15, 0.2) is 168 Å². The molecule has 0 saturated heterocycles. The zero-order chi connectivity index (χ0) is 33.0. The Morgan fingerprint density at radius 3 is 1.74 bits per heavy atom. The van der Waals surface area contributed by atoms with Crippen molar-refractivity contribution >= 4 is 53.4 Å². The first-order valence-electron chi connectivity index (χ1n) is 16.6. The van der Waals surface area contributed by atoms with Gasteiger partial charge in [0.25, 0.3) is 0 Å². The topological polar surface area (TPSA) is 51.8 Å². The molecule has 3 heterocycles. The lowest BCUT2D eigenvalue weighted by atomic mass is 9.98. The number of nitrogens with zero attached hydrogens (tertiary/aromatic N) is 3. The number of fused-ring (bicyclic) bond motifs is 6. The molecule has 0 aliphatic heterocycles. The van der Waals surface area contributed by atoms with Crippen molar-refractivity contribution in [2.24, 2.45) is 0 Å². The number of hydrogen-bond acceptors (Lipinski definition) is 5. The molecule has 0 saturated carbocycles. The minimum absolute atomic E-state index is 0.597. The van der Waals surface area contributed by atoms with Gasteiger partial charge in [-0.25, -0.2) is 15.0 Å². The average Bonchev–Trinajstić information content (AvgIpc) is 3.77. The van der Waals surface area contributed by atoms with Crippen LogP contribution in [0.25, 0.3) is 98.5 Å². The van der Waals surface area contributed by atoms with Gasteiger partial charge in [-0.2, -0.15) is 0 Å². The molecule has 10 rings (SSSR count). The smallest absolute Gasteiger partial charge is 0.164 e. The van der Waals surface area contributed by atoms with Crippen molar-refractivity contribution < 1.29 is 4.42 Å². The van der Waals surface area contributed by atoms with Crippen LogP contribution in [-0.2, 0) is 0 Å². The molecule has 10 aromatic rings. The second-order valence-electron chi connectivity index (χ2n) is 12.4. The molecular weight excluding hydrogens is 631 g/mol. The molecule has 0 aliphatic rings. The molecule has 5 heteroatoms. The molecule has 0 bridgehead atoms. The van der Waals surface area contributed by atoms with Crippen molar-refractivity contribution in [1.82, 2.24) is 15.0 Å². The summed E-state index contributed by atoms with van der Waals surface area (Å²) >= 11 is 1.81. The van der Waals surface area contributed by atoms with Crippen LogP contribution in [0.5, 0.6) is 0 Å². The van der Waals surface area contributed by atoms with Crippen molar-refractivity contribution in [1.29, 1.82) is 0 Å². The predicted molar refractivity (Wildman–Crippen MR) is 207 cm³/mol. The standard InChI is InChI=1S/C45H27N3OS/c1-3-11-28(12-4-1)29-19-21-31(22-20-29)43-46-44(32-23-24-35-34-15-7-9-17-38(34)49-39(35)27-32)48-45(47-43)37-26-25-33(30-13-5-2-6-14-30)42-41(37)36-16-8-10-18-40(36)50-42/h1-27H. The fourth-order valence-corrected chi connectivity index (χ4v) is 8.19. The van der Waals surface area contributed by atoms with Gasteiger partial charge < -0.3 is 4.42 Å². The van der Waals surface area contributed by atoms with E-state index in [1.807, 2.05) is 41.7 Å². The Balaban J connectivity index is 1.20. The Morgan fingerprint density at radius 2 is 0.940 bits per heavy atom. The van der Waals surface area contributed by atoms with Crippen LogP contribution < -0.4 is 0 Å². The van der Waals surface area contributed by atoms with Gasteiger partial charge in [-0.1, -0.05) is 133 Å². The van der Waals surface area contributed by atoms with E-state index < -0.39 is 0 Å². The van der Waals surface area contributed by atoms with Gasteiger partial charge in [0.2, 0.25) is 0 Å². The van der Waals surface area contributed by atoms with E-state index in [2.05, 4.69) is 133 Å². The van der Waals surface area contributed by atoms with Crippen LogP contribution in [0.1, 0.15) is 0 Å². The highest BCUT2D eigenvalue weighted by atomic mass is 32.1. The van der Waals surface area contributed by atoms with Gasteiger partial charge in [-0.15, -0.1) is 11.3 Å². The van der Waals surface area contributed by atoms with Crippen LogP contribution in [0, 0.1) is 0 Å². The van der Waals surface area contributed by atoms with E-state index in [1.165, 1.54) is 31.5 Å². The molecule has 0 fully saturated rings. The molecule has 234 valence electrons. The summed E-state index contributed by atoms with van der Waals surface area (Å²) in [6.45, 7) is 0. The first-order chi connectivity index (χ1) is 24.8. The van der Waals surface area contributed by atoms with E-state index in [1.54, 1.807) is 0 Å². The van der Waals surface area contributed by atoms with Crippen molar-refractivity contribution in [3.05, 3.63) is 164 Å². The van der Waals surface area contributed by atoms with Gasteiger partial charge in [0.05, 0.1) is 0 Å². The van der Waals surface area contributed by atoms with Crippen LogP contribution >= 0.6 is 11.3 Å². The van der Waals surface area contributed by atoms with Crippen LogP contribution in [0.3, 0.4) is 0 Å². The molecule has 0 N–H and O–H groups in total. The lowest BCUT2D eigenvalue weighted by molar-refractivity contribution is 0.669. The van der Waals surface area contributed by atoms with E-state index in [0.717, 1.165) is 49.6 Å². The minimum Gasteiger partial charge on any atom is -0.456 e. The van der Waals surface area contributed by atoms with Crippen LogP contribution in [0.4, 0.5) is 0 Å². The molecule has 3 aromatic heterocycles. The third-order valence-electron chi connectivity index (χ3n) is 9.37. The van der Waals surface area contributed by atoms with E-state index in [0.29, 0.717) is 17.5 Å². The number of aromatic nitrogens is 3. The van der Waals surface area contributed by atoms with E-state index in [-0.39, 0.29) is 0 Å². The number of benzene rings is 7. The number of rotatable bonds is 5. The third kappa shape index (κ3) is 4.79. The minimum atomic E-state index is 0.597. The number of furan rings is 1. The Hall–Kier alpha value is -6.43. The summed E-state index contributed by atoms with van der Waals surface area (Å²) in [7, 11) is 0. The molecule has 0 aliphatic carbocycles. The van der Waals surface area contributed by atoms with Crippen molar-refractivity contribution in [3.8, 4) is 56.4 Å². The summed E-state index contributed by atoms with van der Waals surface area (Å²) in [5, 5.41) is 4.51. The zero-order valence-electron chi connectivity index (χ0n) is 26.7. The van der Waals surface area contributed by atoms with Crippen molar-refractivity contribution in [3.63, 3.8) is 0 Å².